The molecule has 1 saturated heterocycles. The van der Waals surface area contributed by atoms with Gasteiger partial charge in [-0.05, 0) is 36.4 Å². The third-order valence-electron chi connectivity index (χ3n) is 5.50. The quantitative estimate of drug-likeness (QED) is 0.448. The Morgan fingerprint density at radius 1 is 0.710 bits per heavy atom. The highest BCUT2D eigenvalue weighted by Crippen LogP contribution is 2.28. The Labute approximate surface area is 187 Å². The molecule has 0 N–H and O–H groups in total. The van der Waals surface area contributed by atoms with E-state index < -0.39 is 0 Å². The lowest BCUT2D eigenvalue weighted by atomic mass is 10.1. The van der Waals surface area contributed by atoms with Crippen LogP contribution in [0.2, 0.25) is 5.02 Å². The number of aromatic nitrogens is 3. The number of anilines is 2. The summed E-state index contributed by atoms with van der Waals surface area (Å²) in [4.78, 5) is 18.7. The van der Waals surface area contributed by atoms with Crippen molar-refractivity contribution < 1.29 is 0 Å². The fourth-order valence-electron chi connectivity index (χ4n) is 3.82. The molecular formula is C25H22ClN5. The van der Waals surface area contributed by atoms with E-state index in [0.29, 0.717) is 10.8 Å². The number of hydrogen-bond donors (Lipinski definition) is 0. The summed E-state index contributed by atoms with van der Waals surface area (Å²) in [6, 6.07) is 24.3. The Balaban J connectivity index is 1.46. The summed E-state index contributed by atoms with van der Waals surface area (Å²) in [5, 5.41) is 0.711. The fourth-order valence-corrected chi connectivity index (χ4v) is 3.95. The lowest BCUT2D eigenvalue weighted by molar-refractivity contribution is 0.647. The van der Waals surface area contributed by atoms with Gasteiger partial charge in [0.05, 0.1) is 5.69 Å². The number of nitrogens with zero attached hydrogens (tertiary/aromatic N) is 5. The molecule has 0 atom stereocenters. The van der Waals surface area contributed by atoms with Crippen LogP contribution in [0.1, 0.15) is 0 Å². The maximum Gasteiger partial charge on any atom is 0.163 e. The van der Waals surface area contributed by atoms with Gasteiger partial charge in [-0.2, -0.15) is 0 Å². The van der Waals surface area contributed by atoms with E-state index in [1.165, 1.54) is 5.69 Å². The van der Waals surface area contributed by atoms with Crippen molar-refractivity contribution >= 4 is 23.1 Å². The second-order valence-electron chi connectivity index (χ2n) is 7.49. The molecule has 1 fully saturated rings. The van der Waals surface area contributed by atoms with Crippen LogP contribution < -0.4 is 9.80 Å². The molecule has 0 radical (unpaired) electrons. The molecule has 5 nitrogen and oxygen atoms in total. The molecule has 0 amide bonds. The van der Waals surface area contributed by atoms with E-state index in [2.05, 4.69) is 51.2 Å². The lowest BCUT2D eigenvalue weighted by Gasteiger charge is -2.37. The van der Waals surface area contributed by atoms with Crippen molar-refractivity contribution in [1.29, 1.82) is 0 Å². The zero-order chi connectivity index (χ0) is 21.0. The molecule has 31 heavy (non-hydrogen) atoms. The highest BCUT2D eigenvalue weighted by atomic mass is 35.5. The first-order valence-electron chi connectivity index (χ1n) is 10.4. The van der Waals surface area contributed by atoms with E-state index in [1.54, 1.807) is 12.4 Å². The van der Waals surface area contributed by atoms with Crippen LogP contribution in [0, 0.1) is 0 Å². The number of pyridine rings is 1. The molecule has 2 aromatic heterocycles. The van der Waals surface area contributed by atoms with Gasteiger partial charge in [0, 0.05) is 66.5 Å². The zero-order valence-electron chi connectivity index (χ0n) is 17.0. The summed E-state index contributed by atoms with van der Waals surface area (Å²) in [7, 11) is 0. The van der Waals surface area contributed by atoms with E-state index in [4.69, 9.17) is 21.6 Å². The minimum atomic E-state index is 0.682. The van der Waals surface area contributed by atoms with Crippen LogP contribution in [-0.2, 0) is 0 Å². The van der Waals surface area contributed by atoms with Crippen LogP contribution in [0.3, 0.4) is 0 Å². The van der Waals surface area contributed by atoms with Crippen molar-refractivity contribution in [2.45, 2.75) is 0 Å². The van der Waals surface area contributed by atoms with Crippen LogP contribution >= 0.6 is 11.6 Å². The monoisotopic (exact) mass is 427 g/mol. The standard InChI is InChI=1S/C25H22ClN5/c26-21-10-8-19(9-11-21)23-17-24(29-25(28-23)20-5-4-12-27-18-20)31-15-13-30(14-16-31)22-6-2-1-3-7-22/h1-12,17-18H,13-16H2. The molecule has 1 aliphatic rings. The van der Waals surface area contributed by atoms with Crippen molar-refractivity contribution in [3.05, 3.63) is 90.2 Å². The van der Waals surface area contributed by atoms with Crippen molar-refractivity contribution in [3.8, 4) is 22.6 Å². The van der Waals surface area contributed by atoms with Gasteiger partial charge >= 0.3 is 0 Å². The molecule has 154 valence electrons. The molecule has 0 unspecified atom stereocenters. The third kappa shape index (κ3) is 4.37. The number of benzene rings is 2. The second kappa shape index (κ2) is 8.74. The van der Waals surface area contributed by atoms with Crippen molar-refractivity contribution in [2.75, 3.05) is 36.0 Å². The normalized spacial score (nSPS) is 14.0. The van der Waals surface area contributed by atoms with E-state index in [1.807, 2.05) is 36.4 Å². The van der Waals surface area contributed by atoms with Crippen LogP contribution in [0.25, 0.3) is 22.6 Å². The van der Waals surface area contributed by atoms with Gasteiger partial charge in [-0.15, -0.1) is 0 Å². The van der Waals surface area contributed by atoms with Gasteiger partial charge in [0.25, 0.3) is 0 Å². The lowest BCUT2D eigenvalue weighted by Crippen LogP contribution is -2.46. The minimum Gasteiger partial charge on any atom is -0.368 e. The number of para-hydroxylation sites is 1. The average molecular weight is 428 g/mol. The summed E-state index contributed by atoms with van der Waals surface area (Å²) in [5.74, 6) is 1.62. The molecule has 0 saturated carbocycles. The maximum atomic E-state index is 6.09. The molecule has 2 aromatic carbocycles. The van der Waals surface area contributed by atoms with Crippen molar-refractivity contribution in [1.82, 2.24) is 15.0 Å². The summed E-state index contributed by atoms with van der Waals surface area (Å²) < 4.78 is 0. The van der Waals surface area contributed by atoms with Gasteiger partial charge < -0.3 is 9.80 Å². The predicted molar refractivity (Wildman–Crippen MR) is 127 cm³/mol. The summed E-state index contributed by atoms with van der Waals surface area (Å²) in [6.45, 7) is 3.70. The Hall–Kier alpha value is -3.44. The van der Waals surface area contributed by atoms with Crippen LogP contribution in [0.15, 0.2) is 85.2 Å². The van der Waals surface area contributed by atoms with Gasteiger partial charge in [0.15, 0.2) is 5.82 Å². The number of rotatable bonds is 4. The zero-order valence-corrected chi connectivity index (χ0v) is 17.8. The fraction of sp³-hybridized carbons (Fsp3) is 0.160. The molecule has 3 heterocycles. The van der Waals surface area contributed by atoms with Crippen LogP contribution in [0.4, 0.5) is 11.5 Å². The molecule has 0 spiro atoms. The largest absolute Gasteiger partial charge is 0.368 e. The van der Waals surface area contributed by atoms with E-state index >= 15 is 0 Å². The number of piperazine rings is 1. The van der Waals surface area contributed by atoms with Gasteiger partial charge in [-0.3, -0.25) is 4.98 Å². The summed E-state index contributed by atoms with van der Waals surface area (Å²) in [6.07, 6.45) is 3.56. The Morgan fingerprint density at radius 3 is 2.16 bits per heavy atom. The predicted octanol–water partition coefficient (Wildman–Crippen LogP) is 5.19. The topological polar surface area (TPSA) is 45.2 Å². The average Bonchev–Trinajstić information content (AvgIpc) is 2.85. The van der Waals surface area contributed by atoms with Crippen LogP contribution in [0.5, 0.6) is 0 Å². The summed E-state index contributed by atoms with van der Waals surface area (Å²) >= 11 is 6.09. The van der Waals surface area contributed by atoms with Crippen molar-refractivity contribution in [3.63, 3.8) is 0 Å². The third-order valence-corrected chi connectivity index (χ3v) is 5.75. The first-order chi connectivity index (χ1) is 15.3. The molecule has 5 rings (SSSR count). The highest BCUT2D eigenvalue weighted by molar-refractivity contribution is 6.30. The molecule has 6 heteroatoms. The van der Waals surface area contributed by atoms with E-state index in [0.717, 1.165) is 48.8 Å². The first-order valence-corrected chi connectivity index (χ1v) is 10.7. The Kier molecular flexibility index (Phi) is 5.50. The maximum absolute atomic E-state index is 6.09. The van der Waals surface area contributed by atoms with Gasteiger partial charge in [0.1, 0.15) is 5.82 Å². The molecule has 1 aliphatic heterocycles. The van der Waals surface area contributed by atoms with Gasteiger partial charge in [-0.25, -0.2) is 9.97 Å². The number of hydrogen-bond acceptors (Lipinski definition) is 5. The summed E-state index contributed by atoms with van der Waals surface area (Å²) in [5.41, 5.74) is 4.07. The molecule has 0 aliphatic carbocycles. The number of halogens is 1. The van der Waals surface area contributed by atoms with E-state index in [-0.39, 0.29) is 0 Å². The Morgan fingerprint density at radius 2 is 1.45 bits per heavy atom. The van der Waals surface area contributed by atoms with Gasteiger partial charge in [0.2, 0.25) is 0 Å². The first kappa shape index (κ1) is 19.5. The molecule has 4 aromatic rings. The smallest absolute Gasteiger partial charge is 0.163 e. The van der Waals surface area contributed by atoms with Gasteiger partial charge in [-0.1, -0.05) is 41.9 Å². The van der Waals surface area contributed by atoms with Crippen LogP contribution in [-0.4, -0.2) is 41.1 Å². The molecule has 0 bridgehead atoms. The highest BCUT2D eigenvalue weighted by Gasteiger charge is 2.20. The Bertz CT molecular complexity index is 1140. The van der Waals surface area contributed by atoms with Crippen molar-refractivity contribution in [2.24, 2.45) is 0 Å². The SMILES string of the molecule is Clc1ccc(-c2cc(N3CCN(c4ccccc4)CC3)nc(-c3cccnc3)n2)cc1. The second-order valence-corrected chi connectivity index (χ2v) is 7.93. The van der Waals surface area contributed by atoms with E-state index in [9.17, 15) is 0 Å². The minimum absolute atomic E-state index is 0.682. The molecular weight excluding hydrogens is 406 g/mol.